The van der Waals surface area contributed by atoms with Crippen molar-refractivity contribution >= 4 is 23.4 Å². The Morgan fingerprint density at radius 2 is 1.94 bits per heavy atom. The Morgan fingerprint density at radius 3 is 2.81 bits per heavy atom. The maximum atomic E-state index is 14.6. The lowest BCUT2D eigenvalue weighted by molar-refractivity contribution is 0.242. The number of hydrogen-bond acceptors (Lipinski definition) is 7. The van der Waals surface area contributed by atoms with Crippen LogP contribution in [-0.4, -0.2) is 28.9 Å². The zero-order valence-corrected chi connectivity index (χ0v) is 17.2. The van der Waals surface area contributed by atoms with E-state index in [0.29, 0.717) is 47.6 Å². The number of aromatic nitrogens is 2. The standard InChI is InChI=1S/C22H18F2N4O2S/c23-15-2-3-16-17-11-20(26-12-18(17)24)27-21-8-14(13-31-7-4-25)9-22(28-21)30-6-1-5-29-19(16)10-15/h2-3,8-12H,1,5-7,13H2,(H,26,27,28). The topological polar surface area (TPSA) is 80.1 Å². The van der Waals surface area contributed by atoms with Gasteiger partial charge < -0.3 is 14.8 Å². The molecule has 0 spiro atoms. The number of thioether (sulfide) groups is 1. The largest absolute Gasteiger partial charge is 0.493 e. The van der Waals surface area contributed by atoms with Gasteiger partial charge in [-0.2, -0.15) is 10.2 Å². The number of nitrogens with one attached hydrogen (secondary N) is 1. The number of pyridine rings is 2. The molecule has 0 aliphatic carbocycles. The maximum absolute atomic E-state index is 14.6. The van der Waals surface area contributed by atoms with E-state index in [1.807, 2.05) is 12.1 Å². The molecule has 9 heteroatoms. The van der Waals surface area contributed by atoms with E-state index in [1.165, 1.54) is 36.0 Å². The Kier molecular flexibility index (Phi) is 6.48. The molecule has 1 aliphatic heterocycles. The third-order valence-electron chi connectivity index (χ3n) is 4.44. The number of benzene rings is 1. The van der Waals surface area contributed by atoms with Crippen LogP contribution in [0.4, 0.5) is 20.4 Å². The van der Waals surface area contributed by atoms with Crippen LogP contribution in [-0.2, 0) is 5.75 Å². The van der Waals surface area contributed by atoms with Crippen LogP contribution in [0.3, 0.4) is 0 Å². The molecule has 158 valence electrons. The number of halogens is 2. The molecule has 0 radical (unpaired) electrons. The van der Waals surface area contributed by atoms with E-state index >= 15 is 0 Å². The first-order chi connectivity index (χ1) is 15.1. The molecule has 4 rings (SSSR count). The molecule has 1 aromatic carbocycles. The van der Waals surface area contributed by atoms with Gasteiger partial charge in [-0.1, -0.05) is 0 Å². The average molecular weight is 440 g/mol. The predicted octanol–water partition coefficient (Wildman–Crippen LogP) is 5.08. The van der Waals surface area contributed by atoms with Crippen LogP contribution in [0.25, 0.3) is 11.1 Å². The van der Waals surface area contributed by atoms with Gasteiger partial charge in [-0.05, 0) is 29.8 Å². The van der Waals surface area contributed by atoms with Crippen LogP contribution in [0.1, 0.15) is 12.0 Å². The molecule has 3 aromatic rings. The van der Waals surface area contributed by atoms with Crippen molar-refractivity contribution < 1.29 is 18.3 Å². The summed E-state index contributed by atoms with van der Waals surface area (Å²) in [5.41, 5.74) is 1.60. The van der Waals surface area contributed by atoms with Crippen molar-refractivity contribution in [3.05, 3.63) is 59.8 Å². The third-order valence-corrected chi connectivity index (χ3v) is 5.31. The van der Waals surface area contributed by atoms with E-state index in [9.17, 15) is 8.78 Å². The molecule has 0 unspecified atom stereocenters. The minimum atomic E-state index is -0.548. The summed E-state index contributed by atoms with van der Waals surface area (Å²) in [6.07, 6.45) is 1.62. The number of nitrogens with zero attached hydrogens (tertiary/aromatic N) is 3. The number of hydrogen-bond donors (Lipinski definition) is 1. The normalized spacial score (nSPS) is 12.9. The van der Waals surface area contributed by atoms with Crippen LogP contribution >= 0.6 is 11.8 Å². The van der Waals surface area contributed by atoms with Gasteiger partial charge in [0.25, 0.3) is 0 Å². The lowest BCUT2D eigenvalue weighted by Gasteiger charge is -2.16. The average Bonchev–Trinajstić information content (AvgIpc) is 2.75. The highest BCUT2D eigenvalue weighted by Crippen LogP contribution is 2.34. The van der Waals surface area contributed by atoms with Gasteiger partial charge >= 0.3 is 0 Å². The number of nitriles is 1. The molecule has 1 aliphatic rings. The Bertz CT molecular complexity index is 1140. The van der Waals surface area contributed by atoms with Gasteiger partial charge in [0.15, 0.2) is 0 Å². The highest BCUT2D eigenvalue weighted by Gasteiger charge is 2.15. The number of anilines is 2. The molecule has 0 amide bonds. The van der Waals surface area contributed by atoms with E-state index in [1.54, 1.807) is 0 Å². The van der Waals surface area contributed by atoms with Gasteiger partial charge in [-0.25, -0.2) is 13.8 Å². The smallest absolute Gasteiger partial charge is 0.215 e. The molecule has 31 heavy (non-hydrogen) atoms. The van der Waals surface area contributed by atoms with Crippen molar-refractivity contribution in [3.8, 4) is 28.8 Å². The van der Waals surface area contributed by atoms with Crippen molar-refractivity contribution in [3.63, 3.8) is 0 Å². The fourth-order valence-corrected chi connectivity index (χ4v) is 3.69. The van der Waals surface area contributed by atoms with Gasteiger partial charge in [0.1, 0.15) is 29.0 Å². The van der Waals surface area contributed by atoms with Gasteiger partial charge in [-0.3, -0.25) is 0 Å². The van der Waals surface area contributed by atoms with Crippen LogP contribution in [0.15, 0.2) is 42.6 Å². The Balaban J connectivity index is 1.74. The summed E-state index contributed by atoms with van der Waals surface area (Å²) in [5, 5.41) is 11.8. The Labute approximate surface area is 182 Å². The number of ether oxygens (including phenoxy) is 2. The lowest BCUT2D eigenvalue weighted by atomic mass is 10.0. The molecule has 0 fully saturated rings. The second-order valence-electron chi connectivity index (χ2n) is 6.72. The van der Waals surface area contributed by atoms with Crippen LogP contribution < -0.4 is 14.8 Å². The fraction of sp³-hybridized carbons (Fsp3) is 0.227. The molecule has 3 heterocycles. The monoisotopic (exact) mass is 440 g/mol. The first-order valence-corrected chi connectivity index (χ1v) is 10.7. The Hall–Kier alpha value is -3.38. The molecule has 0 saturated heterocycles. The minimum absolute atomic E-state index is 0.238. The predicted molar refractivity (Wildman–Crippen MR) is 114 cm³/mol. The summed E-state index contributed by atoms with van der Waals surface area (Å²) in [5.74, 6) is 1.50. The minimum Gasteiger partial charge on any atom is -0.493 e. The van der Waals surface area contributed by atoms with E-state index in [-0.39, 0.29) is 17.9 Å². The molecule has 1 N–H and O–H groups in total. The second-order valence-corrected chi connectivity index (χ2v) is 7.70. The molecular weight excluding hydrogens is 422 g/mol. The maximum Gasteiger partial charge on any atom is 0.215 e. The highest BCUT2D eigenvalue weighted by molar-refractivity contribution is 7.98. The summed E-state index contributed by atoms with van der Waals surface area (Å²) in [7, 11) is 0. The second kappa shape index (κ2) is 9.62. The molecule has 6 nitrogen and oxygen atoms in total. The summed E-state index contributed by atoms with van der Waals surface area (Å²) < 4.78 is 39.9. The first kappa shape index (κ1) is 20.9. The van der Waals surface area contributed by atoms with Crippen molar-refractivity contribution in [2.24, 2.45) is 0 Å². The fourth-order valence-electron chi connectivity index (χ4n) is 3.10. The van der Waals surface area contributed by atoms with Gasteiger partial charge in [0.05, 0.1) is 31.2 Å². The summed E-state index contributed by atoms with van der Waals surface area (Å²) in [6, 6.07) is 11.3. The van der Waals surface area contributed by atoms with Gasteiger partial charge in [0.2, 0.25) is 5.88 Å². The molecule has 0 saturated carbocycles. The van der Waals surface area contributed by atoms with E-state index in [0.717, 1.165) is 11.8 Å². The highest BCUT2D eigenvalue weighted by atomic mass is 32.2. The summed E-state index contributed by atoms with van der Waals surface area (Å²) in [4.78, 5) is 8.55. The lowest BCUT2D eigenvalue weighted by Crippen LogP contribution is -2.08. The molecule has 0 atom stereocenters. The zero-order valence-electron chi connectivity index (χ0n) is 16.4. The number of fused-ring (bicyclic) bond motifs is 6. The molecule has 2 aromatic heterocycles. The SMILES string of the molecule is N#CCSCc1cc2nc(c1)OCCCOc1cc(F)ccc1-c1cc(ncc1F)N2. The zero-order chi connectivity index (χ0) is 21.6. The van der Waals surface area contributed by atoms with E-state index in [4.69, 9.17) is 14.7 Å². The summed E-state index contributed by atoms with van der Waals surface area (Å²) in [6.45, 7) is 0.600. The van der Waals surface area contributed by atoms with Crippen molar-refractivity contribution in [1.29, 1.82) is 5.26 Å². The van der Waals surface area contributed by atoms with Crippen molar-refractivity contribution in [2.75, 3.05) is 24.3 Å². The van der Waals surface area contributed by atoms with Crippen molar-refractivity contribution in [2.45, 2.75) is 12.2 Å². The first-order valence-electron chi connectivity index (χ1n) is 9.56. The molecular formula is C22H18F2N4O2S. The van der Waals surface area contributed by atoms with Crippen LogP contribution in [0.5, 0.6) is 11.6 Å². The Morgan fingerprint density at radius 1 is 1.06 bits per heavy atom. The van der Waals surface area contributed by atoms with Crippen LogP contribution in [0.2, 0.25) is 0 Å². The van der Waals surface area contributed by atoms with E-state index in [2.05, 4.69) is 21.4 Å². The van der Waals surface area contributed by atoms with Gasteiger partial charge in [0, 0.05) is 35.4 Å². The third kappa shape index (κ3) is 5.22. The summed E-state index contributed by atoms with van der Waals surface area (Å²) >= 11 is 1.48. The van der Waals surface area contributed by atoms with Crippen molar-refractivity contribution in [1.82, 2.24) is 9.97 Å². The quantitative estimate of drug-likeness (QED) is 0.569. The van der Waals surface area contributed by atoms with E-state index < -0.39 is 11.6 Å². The number of rotatable bonds is 3. The van der Waals surface area contributed by atoms with Crippen LogP contribution in [0, 0.1) is 23.0 Å². The molecule has 4 bridgehead atoms. The van der Waals surface area contributed by atoms with Gasteiger partial charge in [-0.15, -0.1) is 11.8 Å².